The fourth-order valence-electron chi connectivity index (χ4n) is 2.07. The molecular weight excluding hydrogens is 218 g/mol. The summed E-state index contributed by atoms with van der Waals surface area (Å²) in [5.41, 5.74) is 1.60. The van der Waals surface area contributed by atoms with E-state index in [0.29, 0.717) is 12.3 Å². The molecule has 1 heterocycles. The molecule has 17 heavy (non-hydrogen) atoms. The second kappa shape index (κ2) is 4.49. The van der Waals surface area contributed by atoms with Crippen molar-refractivity contribution in [2.24, 2.45) is 7.05 Å². The van der Waals surface area contributed by atoms with Gasteiger partial charge in [-0.2, -0.15) is 5.10 Å². The highest BCUT2D eigenvalue weighted by molar-refractivity contribution is 5.88. The number of likely N-dealkylation sites (N-methyl/N-ethyl adjacent to an activating group) is 1. The van der Waals surface area contributed by atoms with Gasteiger partial charge < -0.3 is 10.1 Å². The molecule has 1 N–H and O–H groups in total. The van der Waals surface area contributed by atoms with Gasteiger partial charge in [-0.25, -0.2) is 4.79 Å². The van der Waals surface area contributed by atoms with Gasteiger partial charge in [-0.1, -0.05) is 0 Å². The Hall–Kier alpha value is -1.36. The summed E-state index contributed by atoms with van der Waals surface area (Å²) in [5.74, 6) is -0.324. The lowest BCUT2D eigenvalue weighted by Crippen LogP contribution is -2.30. The van der Waals surface area contributed by atoms with Crippen molar-refractivity contribution < 1.29 is 9.53 Å². The van der Waals surface area contributed by atoms with E-state index in [2.05, 4.69) is 10.4 Å². The number of aromatic nitrogens is 2. The molecule has 1 saturated carbocycles. The normalized spacial score (nSPS) is 16.9. The number of ether oxygens (including phenoxy) is 1. The van der Waals surface area contributed by atoms with Crippen LogP contribution in [0.15, 0.2) is 6.20 Å². The second-order valence-corrected chi connectivity index (χ2v) is 4.60. The molecule has 5 nitrogen and oxygen atoms in total. The van der Waals surface area contributed by atoms with E-state index in [4.69, 9.17) is 4.74 Å². The topological polar surface area (TPSA) is 56.1 Å². The Labute approximate surface area is 101 Å². The number of hydrogen-bond acceptors (Lipinski definition) is 4. The van der Waals surface area contributed by atoms with Gasteiger partial charge in [-0.15, -0.1) is 0 Å². The number of hydrogen-bond donors (Lipinski definition) is 1. The summed E-state index contributed by atoms with van der Waals surface area (Å²) < 4.78 is 6.69. The van der Waals surface area contributed by atoms with Crippen LogP contribution in [0.2, 0.25) is 0 Å². The molecule has 1 fully saturated rings. The van der Waals surface area contributed by atoms with Crippen LogP contribution in [-0.4, -0.2) is 34.9 Å². The van der Waals surface area contributed by atoms with Crippen LogP contribution in [0.25, 0.3) is 0 Å². The maximum Gasteiger partial charge on any atom is 0.359 e. The molecule has 0 spiro atoms. The smallest absolute Gasteiger partial charge is 0.359 e. The number of aryl methyl sites for hydroxylation is 1. The van der Waals surface area contributed by atoms with E-state index >= 15 is 0 Å². The monoisotopic (exact) mass is 237 g/mol. The molecule has 0 saturated heterocycles. The molecule has 0 bridgehead atoms. The van der Waals surface area contributed by atoms with Gasteiger partial charge in [0.1, 0.15) is 0 Å². The Morgan fingerprint density at radius 1 is 1.65 bits per heavy atom. The van der Waals surface area contributed by atoms with Crippen molar-refractivity contribution in [3.63, 3.8) is 0 Å². The van der Waals surface area contributed by atoms with E-state index in [1.54, 1.807) is 11.6 Å². The van der Waals surface area contributed by atoms with Crippen LogP contribution in [0.3, 0.4) is 0 Å². The minimum absolute atomic E-state index is 0.171. The largest absolute Gasteiger partial charge is 0.461 e. The molecule has 5 heteroatoms. The van der Waals surface area contributed by atoms with Crippen molar-refractivity contribution in [1.29, 1.82) is 0 Å². The van der Waals surface area contributed by atoms with Gasteiger partial charge in [0.05, 0.1) is 6.61 Å². The quantitative estimate of drug-likeness (QED) is 0.773. The molecular formula is C12H19N3O2. The van der Waals surface area contributed by atoms with Crippen molar-refractivity contribution in [1.82, 2.24) is 15.1 Å². The van der Waals surface area contributed by atoms with Crippen LogP contribution in [0.1, 0.15) is 35.8 Å². The summed E-state index contributed by atoms with van der Waals surface area (Å²) in [7, 11) is 3.79. The number of nitrogens with zero attached hydrogens (tertiary/aromatic N) is 2. The zero-order chi connectivity index (χ0) is 12.5. The number of nitrogens with one attached hydrogen (secondary N) is 1. The van der Waals surface area contributed by atoms with E-state index in [9.17, 15) is 4.79 Å². The summed E-state index contributed by atoms with van der Waals surface area (Å²) in [6, 6.07) is 0. The minimum Gasteiger partial charge on any atom is -0.461 e. The number of rotatable bonds is 5. The predicted octanol–water partition coefficient (Wildman–Crippen LogP) is 0.891. The van der Waals surface area contributed by atoms with Crippen LogP contribution >= 0.6 is 0 Å². The predicted molar refractivity (Wildman–Crippen MR) is 63.9 cm³/mol. The third-order valence-electron chi connectivity index (χ3n) is 3.29. The zero-order valence-corrected chi connectivity index (χ0v) is 10.6. The minimum atomic E-state index is -0.324. The van der Waals surface area contributed by atoms with Crippen LogP contribution < -0.4 is 5.32 Å². The van der Waals surface area contributed by atoms with Gasteiger partial charge in [0.25, 0.3) is 0 Å². The Morgan fingerprint density at radius 3 is 2.88 bits per heavy atom. The summed E-state index contributed by atoms with van der Waals surface area (Å²) >= 11 is 0. The van der Waals surface area contributed by atoms with Gasteiger partial charge in [0, 0.05) is 24.3 Å². The Morgan fingerprint density at radius 2 is 2.35 bits per heavy atom. The Bertz CT molecular complexity index is 421. The third-order valence-corrected chi connectivity index (χ3v) is 3.29. The lowest BCUT2D eigenvalue weighted by Gasteiger charge is -2.13. The van der Waals surface area contributed by atoms with E-state index in [-0.39, 0.29) is 11.5 Å². The van der Waals surface area contributed by atoms with Crippen LogP contribution in [0, 0.1) is 0 Å². The molecule has 1 aliphatic rings. The first-order valence-electron chi connectivity index (χ1n) is 5.99. The van der Waals surface area contributed by atoms with Gasteiger partial charge in [-0.3, -0.25) is 4.68 Å². The molecule has 0 atom stereocenters. The summed E-state index contributed by atoms with van der Waals surface area (Å²) in [6.45, 7) is 2.18. The molecule has 1 aromatic rings. The number of carbonyl (C=O) groups is 1. The second-order valence-electron chi connectivity index (χ2n) is 4.60. The van der Waals surface area contributed by atoms with E-state index < -0.39 is 0 Å². The van der Waals surface area contributed by atoms with Crippen molar-refractivity contribution in [3.05, 3.63) is 17.5 Å². The van der Waals surface area contributed by atoms with Crippen molar-refractivity contribution >= 4 is 5.97 Å². The van der Waals surface area contributed by atoms with Crippen molar-refractivity contribution in [2.45, 2.75) is 31.7 Å². The summed E-state index contributed by atoms with van der Waals surface area (Å²) in [5, 5.41) is 7.51. The highest BCUT2D eigenvalue weighted by atomic mass is 16.5. The molecule has 2 rings (SSSR count). The molecule has 0 aliphatic heterocycles. The van der Waals surface area contributed by atoms with Crippen molar-refractivity contribution in [2.75, 3.05) is 13.7 Å². The van der Waals surface area contributed by atoms with Gasteiger partial charge >= 0.3 is 5.97 Å². The van der Waals surface area contributed by atoms with E-state index in [1.807, 2.05) is 20.3 Å². The SMILES string of the molecule is CCOC(=O)c1nn(C)cc1CC1(NC)CC1. The summed E-state index contributed by atoms with van der Waals surface area (Å²) in [6.07, 6.45) is 5.05. The van der Waals surface area contributed by atoms with Gasteiger partial charge in [0.15, 0.2) is 5.69 Å². The molecule has 94 valence electrons. The Kier molecular flexibility index (Phi) is 3.19. The average molecular weight is 237 g/mol. The summed E-state index contributed by atoms with van der Waals surface area (Å²) in [4.78, 5) is 11.8. The fourth-order valence-corrected chi connectivity index (χ4v) is 2.07. The number of carbonyl (C=O) groups excluding carboxylic acids is 1. The standard InChI is InChI=1S/C12H19N3O2/c1-4-17-11(16)10-9(8-15(3)14-10)7-12(13-2)5-6-12/h8,13H,4-7H2,1-3H3. The lowest BCUT2D eigenvalue weighted by molar-refractivity contribution is 0.0517. The van der Waals surface area contributed by atoms with Gasteiger partial charge in [-0.05, 0) is 33.2 Å². The third kappa shape index (κ3) is 2.49. The first-order chi connectivity index (χ1) is 8.10. The lowest BCUT2D eigenvalue weighted by atomic mass is 10.1. The maximum atomic E-state index is 11.8. The van der Waals surface area contributed by atoms with Crippen LogP contribution in [0.5, 0.6) is 0 Å². The van der Waals surface area contributed by atoms with Gasteiger partial charge in [0.2, 0.25) is 0 Å². The molecule has 0 amide bonds. The molecule has 0 aromatic carbocycles. The van der Waals surface area contributed by atoms with Crippen LogP contribution in [0.4, 0.5) is 0 Å². The van der Waals surface area contributed by atoms with Crippen molar-refractivity contribution in [3.8, 4) is 0 Å². The molecule has 0 radical (unpaired) electrons. The highest BCUT2D eigenvalue weighted by Gasteiger charge is 2.42. The Balaban J connectivity index is 2.18. The first kappa shape index (κ1) is 12.1. The molecule has 0 unspecified atom stereocenters. The maximum absolute atomic E-state index is 11.8. The molecule has 1 aromatic heterocycles. The first-order valence-corrected chi connectivity index (χ1v) is 5.99. The zero-order valence-electron chi connectivity index (χ0n) is 10.6. The van der Waals surface area contributed by atoms with E-state index in [0.717, 1.165) is 24.8 Å². The highest BCUT2D eigenvalue weighted by Crippen LogP contribution is 2.38. The van der Waals surface area contributed by atoms with E-state index in [1.165, 1.54) is 0 Å². The molecule has 1 aliphatic carbocycles. The number of esters is 1. The van der Waals surface area contributed by atoms with Crippen LogP contribution in [-0.2, 0) is 18.2 Å². The fraction of sp³-hybridized carbons (Fsp3) is 0.667. The average Bonchev–Trinajstić information content (AvgIpc) is 2.97.